The molecule has 0 aliphatic carbocycles. The van der Waals surface area contributed by atoms with Crippen molar-refractivity contribution in [2.45, 2.75) is 58.6 Å². The van der Waals surface area contributed by atoms with Crippen molar-refractivity contribution < 1.29 is 14.3 Å². The molecule has 0 bridgehead atoms. The molecule has 0 saturated heterocycles. The summed E-state index contributed by atoms with van der Waals surface area (Å²) in [6.45, 7) is 8.76. The van der Waals surface area contributed by atoms with Crippen LogP contribution in [0.2, 0.25) is 0 Å². The third-order valence-electron chi connectivity index (χ3n) is 6.71. The Hall–Kier alpha value is -3.86. The molecule has 3 aromatic carbocycles. The summed E-state index contributed by atoms with van der Waals surface area (Å²) in [5.74, 6) is 0.0748. The summed E-state index contributed by atoms with van der Waals surface area (Å²) in [4.78, 5) is 27.4. The SMILES string of the molecule is CC(NC(=O)OC(C)(C)C)c1cccc(C2=CCN(C(=O)c3cccc(CCc4ccccc4)c3)CC2)c1. The van der Waals surface area contributed by atoms with E-state index in [0.29, 0.717) is 13.1 Å². The van der Waals surface area contributed by atoms with Crippen molar-refractivity contribution in [2.24, 2.45) is 0 Å². The summed E-state index contributed by atoms with van der Waals surface area (Å²) in [6.07, 6.45) is 4.37. The number of aryl methyl sites for hydroxylation is 2. The number of hydrogen-bond acceptors (Lipinski definition) is 3. The minimum absolute atomic E-state index is 0.0748. The fraction of sp³-hybridized carbons (Fsp3) is 0.333. The van der Waals surface area contributed by atoms with E-state index in [1.807, 2.05) is 69.0 Å². The smallest absolute Gasteiger partial charge is 0.408 e. The predicted octanol–water partition coefficient (Wildman–Crippen LogP) is 6.99. The lowest BCUT2D eigenvalue weighted by atomic mass is 9.95. The van der Waals surface area contributed by atoms with Crippen LogP contribution in [-0.2, 0) is 17.6 Å². The van der Waals surface area contributed by atoms with Crippen LogP contribution in [0.5, 0.6) is 0 Å². The number of benzene rings is 3. The molecule has 0 saturated carbocycles. The van der Waals surface area contributed by atoms with E-state index in [0.717, 1.165) is 36.0 Å². The number of alkyl carbamates (subject to hydrolysis) is 1. The molecule has 4 rings (SSSR count). The van der Waals surface area contributed by atoms with Crippen LogP contribution >= 0.6 is 0 Å². The van der Waals surface area contributed by atoms with Crippen molar-refractivity contribution in [1.82, 2.24) is 10.2 Å². The van der Waals surface area contributed by atoms with Crippen molar-refractivity contribution in [3.05, 3.63) is 113 Å². The molecule has 0 spiro atoms. The van der Waals surface area contributed by atoms with E-state index in [1.165, 1.54) is 16.7 Å². The average Bonchev–Trinajstić information content (AvgIpc) is 2.91. The van der Waals surface area contributed by atoms with Crippen LogP contribution in [0.3, 0.4) is 0 Å². The number of rotatable bonds is 7. The standard InChI is InChI=1S/C33H38N2O3/c1-24(34-32(37)38-33(2,3)4)28-13-9-14-29(23-28)27-18-20-35(21-19-27)31(36)30-15-8-12-26(22-30)17-16-25-10-6-5-7-11-25/h5-15,18,22-24H,16-17,19-21H2,1-4H3,(H,34,37). The number of hydrogen-bond donors (Lipinski definition) is 1. The highest BCUT2D eigenvalue weighted by atomic mass is 16.6. The molecule has 1 N–H and O–H groups in total. The van der Waals surface area contributed by atoms with Gasteiger partial charge >= 0.3 is 6.09 Å². The van der Waals surface area contributed by atoms with Gasteiger partial charge in [0.15, 0.2) is 0 Å². The summed E-state index contributed by atoms with van der Waals surface area (Å²) in [5, 5.41) is 2.91. The number of carbonyl (C=O) groups is 2. The number of nitrogens with one attached hydrogen (secondary N) is 1. The molecule has 2 amide bonds. The lowest BCUT2D eigenvalue weighted by molar-refractivity contribution is 0.0507. The van der Waals surface area contributed by atoms with Gasteiger partial charge in [-0.05, 0) is 93.0 Å². The first-order chi connectivity index (χ1) is 18.2. The molecule has 1 aliphatic heterocycles. The van der Waals surface area contributed by atoms with Gasteiger partial charge in [-0.2, -0.15) is 0 Å². The van der Waals surface area contributed by atoms with Crippen LogP contribution in [0.25, 0.3) is 5.57 Å². The topological polar surface area (TPSA) is 58.6 Å². The van der Waals surface area contributed by atoms with Crippen LogP contribution in [0, 0.1) is 0 Å². The zero-order chi connectivity index (χ0) is 27.1. The molecule has 1 atom stereocenters. The van der Waals surface area contributed by atoms with Crippen molar-refractivity contribution in [1.29, 1.82) is 0 Å². The highest BCUT2D eigenvalue weighted by Crippen LogP contribution is 2.26. The Kier molecular flexibility index (Phi) is 8.67. The van der Waals surface area contributed by atoms with Crippen LogP contribution in [0.4, 0.5) is 4.79 Å². The maximum Gasteiger partial charge on any atom is 0.408 e. The Morgan fingerprint density at radius 3 is 2.34 bits per heavy atom. The summed E-state index contributed by atoms with van der Waals surface area (Å²) < 4.78 is 5.39. The second-order valence-corrected chi connectivity index (χ2v) is 10.9. The largest absolute Gasteiger partial charge is 0.444 e. The van der Waals surface area contributed by atoms with Gasteiger partial charge in [0.1, 0.15) is 5.60 Å². The molecule has 5 heteroatoms. The van der Waals surface area contributed by atoms with Crippen LogP contribution < -0.4 is 5.32 Å². The average molecular weight is 511 g/mol. The highest BCUT2D eigenvalue weighted by Gasteiger charge is 2.21. The first-order valence-electron chi connectivity index (χ1n) is 13.4. The summed E-state index contributed by atoms with van der Waals surface area (Å²) in [5.41, 5.74) is 6.05. The maximum atomic E-state index is 13.3. The summed E-state index contributed by atoms with van der Waals surface area (Å²) in [7, 11) is 0. The molecule has 1 heterocycles. The fourth-order valence-corrected chi connectivity index (χ4v) is 4.67. The van der Waals surface area contributed by atoms with Gasteiger partial charge in [0, 0.05) is 18.7 Å². The van der Waals surface area contributed by atoms with Crippen molar-refractivity contribution in [3.63, 3.8) is 0 Å². The minimum Gasteiger partial charge on any atom is -0.444 e. The Bertz CT molecular complexity index is 1290. The monoisotopic (exact) mass is 510 g/mol. The van der Waals surface area contributed by atoms with E-state index in [4.69, 9.17) is 4.74 Å². The summed E-state index contributed by atoms with van der Waals surface area (Å²) >= 11 is 0. The zero-order valence-corrected chi connectivity index (χ0v) is 22.9. The molecule has 5 nitrogen and oxygen atoms in total. The Labute approximate surface area is 226 Å². The first-order valence-corrected chi connectivity index (χ1v) is 13.4. The molecule has 1 unspecified atom stereocenters. The van der Waals surface area contributed by atoms with Crippen molar-refractivity contribution in [3.8, 4) is 0 Å². The second-order valence-electron chi connectivity index (χ2n) is 10.9. The third-order valence-corrected chi connectivity index (χ3v) is 6.71. The molecule has 198 valence electrons. The first kappa shape index (κ1) is 27.2. The number of nitrogens with zero attached hydrogens (tertiary/aromatic N) is 1. The van der Waals surface area contributed by atoms with Gasteiger partial charge in [0.2, 0.25) is 0 Å². The molecular formula is C33H38N2O3. The van der Waals surface area contributed by atoms with E-state index >= 15 is 0 Å². The van der Waals surface area contributed by atoms with Crippen molar-refractivity contribution >= 4 is 17.6 Å². The lowest BCUT2D eigenvalue weighted by Gasteiger charge is -2.27. The van der Waals surface area contributed by atoms with Crippen LogP contribution in [0.15, 0.2) is 84.9 Å². The van der Waals surface area contributed by atoms with E-state index in [9.17, 15) is 9.59 Å². The maximum absolute atomic E-state index is 13.3. The molecule has 38 heavy (non-hydrogen) atoms. The van der Waals surface area contributed by atoms with Gasteiger partial charge in [-0.3, -0.25) is 4.79 Å². The Morgan fingerprint density at radius 2 is 1.63 bits per heavy atom. The Balaban J connectivity index is 1.36. The Morgan fingerprint density at radius 1 is 0.921 bits per heavy atom. The van der Waals surface area contributed by atoms with Crippen molar-refractivity contribution in [2.75, 3.05) is 13.1 Å². The van der Waals surface area contributed by atoms with Crippen LogP contribution in [0.1, 0.15) is 72.8 Å². The normalized spacial score (nSPS) is 14.4. The second kappa shape index (κ2) is 12.1. The molecule has 3 aromatic rings. The van der Waals surface area contributed by atoms with Crippen LogP contribution in [-0.4, -0.2) is 35.6 Å². The van der Waals surface area contributed by atoms with E-state index in [1.54, 1.807) is 0 Å². The quantitative estimate of drug-likeness (QED) is 0.373. The number of carbonyl (C=O) groups excluding carboxylic acids is 2. The zero-order valence-electron chi connectivity index (χ0n) is 22.9. The molecular weight excluding hydrogens is 472 g/mol. The molecule has 0 radical (unpaired) electrons. The molecule has 1 aliphatic rings. The van der Waals surface area contributed by atoms with Gasteiger partial charge in [-0.25, -0.2) is 4.79 Å². The van der Waals surface area contributed by atoms with Gasteiger partial charge in [-0.1, -0.05) is 66.7 Å². The van der Waals surface area contributed by atoms with Gasteiger partial charge in [-0.15, -0.1) is 0 Å². The molecule has 0 aromatic heterocycles. The fourth-order valence-electron chi connectivity index (χ4n) is 4.67. The van der Waals surface area contributed by atoms with Gasteiger partial charge in [0.25, 0.3) is 5.91 Å². The summed E-state index contributed by atoms with van der Waals surface area (Å²) in [6, 6.07) is 26.5. The third kappa shape index (κ3) is 7.58. The lowest BCUT2D eigenvalue weighted by Crippen LogP contribution is -2.34. The highest BCUT2D eigenvalue weighted by molar-refractivity contribution is 5.95. The van der Waals surface area contributed by atoms with E-state index in [2.05, 4.69) is 53.9 Å². The van der Waals surface area contributed by atoms with E-state index < -0.39 is 11.7 Å². The number of ether oxygens (including phenoxy) is 1. The predicted molar refractivity (Wildman–Crippen MR) is 153 cm³/mol. The van der Waals surface area contributed by atoms with E-state index in [-0.39, 0.29) is 11.9 Å². The molecule has 0 fully saturated rings. The van der Waals surface area contributed by atoms with Gasteiger partial charge in [0.05, 0.1) is 6.04 Å². The minimum atomic E-state index is -0.536. The van der Waals surface area contributed by atoms with Gasteiger partial charge < -0.3 is 15.0 Å². The number of amides is 2.